The largest absolute Gasteiger partial charge is 0.389 e. The van der Waals surface area contributed by atoms with E-state index in [2.05, 4.69) is 5.43 Å². The molecule has 0 radical (unpaired) electrons. The smallest absolute Gasteiger partial charge is 0.369 e. The van der Waals surface area contributed by atoms with Gasteiger partial charge in [0.2, 0.25) is 0 Å². The molecule has 108 valence electrons. The van der Waals surface area contributed by atoms with E-state index in [1.54, 1.807) is 0 Å². The van der Waals surface area contributed by atoms with Crippen molar-refractivity contribution in [3.63, 3.8) is 0 Å². The van der Waals surface area contributed by atoms with E-state index in [-0.39, 0.29) is 24.0 Å². The molecular formula is C12H23F3N2O. The molecule has 0 amide bonds. The van der Waals surface area contributed by atoms with Crippen molar-refractivity contribution in [3.8, 4) is 0 Å². The quantitative estimate of drug-likeness (QED) is 0.609. The average molecular weight is 268 g/mol. The standard InChI is InChI=1S/C12H23F3N2O/c1-10(2)7-8(11(3,4)18-10)9(17-16)5-6-12(13,14)15/h8-9,17H,5-7,16H2,1-4H3. The van der Waals surface area contributed by atoms with Crippen molar-refractivity contribution in [2.75, 3.05) is 0 Å². The molecule has 0 saturated carbocycles. The summed E-state index contributed by atoms with van der Waals surface area (Å²) < 4.78 is 42.7. The number of hydrazine groups is 1. The first-order valence-corrected chi connectivity index (χ1v) is 6.20. The molecule has 1 aliphatic heterocycles. The Morgan fingerprint density at radius 3 is 2.22 bits per heavy atom. The Kier molecular flexibility index (Phi) is 4.35. The van der Waals surface area contributed by atoms with Crippen molar-refractivity contribution in [2.45, 2.75) is 70.4 Å². The number of hydrogen-bond acceptors (Lipinski definition) is 3. The number of nitrogens with two attached hydrogens (primary N) is 1. The van der Waals surface area contributed by atoms with E-state index in [1.807, 2.05) is 27.7 Å². The SMILES string of the molecule is CC1(C)CC(C(CCC(F)(F)F)NN)C(C)(C)O1. The maximum Gasteiger partial charge on any atom is 0.389 e. The summed E-state index contributed by atoms with van der Waals surface area (Å²) in [7, 11) is 0. The van der Waals surface area contributed by atoms with E-state index in [0.717, 1.165) is 0 Å². The minimum absolute atomic E-state index is 0.0203. The molecule has 1 saturated heterocycles. The number of nitrogens with one attached hydrogen (secondary N) is 1. The van der Waals surface area contributed by atoms with Crippen molar-refractivity contribution in [1.29, 1.82) is 0 Å². The van der Waals surface area contributed by atoms with Gasteiger partial charge in [-0.05, 0) is 40.5 Å². The lowest BCUT2D eigenvalue weighted by molar-refractivity contribution is -0.138. The molecule has 1 rings (SSSR count). The Morgan fingerprint density at radius 2 is 1.89 bits per heavy atom. The van der Waals surface area contributed by atoms with Gasteiger partial charge in [-0.15, -0.1) is 0 Å². The second kappa shape index (κ2) is 4.98. The summed E-state index contributed by atoms with van der Waals surface area (Å²) in [6, 6.07) is -0.386. The molecule has 1 aliphatic rings. The summed E-state index contributed by atoms with van der Waals surface area (Å²) in [6.45, 7) is 7.72. The maximum atomic E-state index is 12.3. The zero-order valence-electron chi connectivity index (χ0n) is 11.4. The van der Waals surface area contributed by atoms with Crippen molar-refractivity contribution in [3.05, 3.63) is 0 Å². The average Bonchev–Trinajstić information content (AvgIpc) is 2.34. The van der Waals surface area contributed by atoms with Crippen LogP contribution in [0.4, 0.5) is 13.2 Å². The Labute approximate surface area is 106 Å². The summed E-state index contributed by atoms with van der Waals surface area (Å²) >= 11 is 0. The Hall–Kier alpha value is -0.330. The minimum Gasteiger partial charge on any atom is -0.369 e. The fourth-order valence-electron chi connectivity index (χ4n) is 2.95. The van der Waals surface area contributed by atoms with Crippen molar-refractivity contribution < 1.29 is 17.9 Å². The van der Waals surface area contributed by atoms with Gasteiger partial charge in [0.25, 0.3) is 0 Å². The molecule has 18 heavy (non-hydrogen) atoms. The van der Waals surface area contributed by atoms with E-state index >= 15 is 0 Å². The molecule has 0 aromatic rings. The summed E-state index contributed by atoms with van der Waals surface area (Å²) in [5, 5.41) is 0. The van der Waals surface area contributed by atoms with Crippen molar-refractivity contribution in [1.82, 2.24) is 5.43 Å². The van der Waals surface area contributed by atoms with E-state index in [1.165, 1.54) is 0 Å². The van der Waals surface area contributed by atoms with Gasteiger partial charge in [-0.25, -0.2) is 0 Å². The second-order valence-corrected chi connectivity index (χ2v) is 6.20. The Balaban J connectivity index is 2.71. The maximum absolute atomic E-state index is 12.3. The van der Waals surface area contributed by atoms with Crippen LogP contribution in [0, 0.1) is 5.92 Å². The van der Waals surface area contributed by atoms with Crippen LogP contribution in [0.25, 0.3) is 0 Å². The van der Waals surface area contributed by atoms with Crippen LogP contribution in [0.2, 0.25) is 0 Å². The van der Waals surface area contributed by atoms with Gasteiger partial charge >= 0.3 is 6.18 Å². The molecule has 2 atom stereocenters. The second-order valence-electron chi connectivity index (χ2n) is 6.20. The molecule has 3 nitrogen and oxygen atoms in total. The lowest BCUT2D eigenvalue weighted by atomic mass is 9.80. The summed E-state index contributed by atoms with van der Waals surface area (Å²) in [6.07, 6.45) is -4.29. The molecular weight excluding hydrogens is 245 g/mol. The van der Waals surface area contributed by atoms with Crippen molar-refractivity contribution in [2.24, 2.45) is 11.8 Å². The first kappa shape index (κ1) is 15.7. The highest BCUT2D eigenvalue weighted by Crippen LogP contribution is 2.44. The van der Waals surface area contributed by atoms with Gasteiger partial charge in [0.1, 0.15) is 0 Å². The lowest BCUT2D eigenvalue weighted by Gasteiger charge is -2.32. The molecule has 1 fully saturated rings. The van der Waals surface area contributed by atoms with Crippen LogP contribution in [-0.4, -0.2) is 23.4 Å². The molecule has 1 heterocycles. The van der Waals surface area contributed by atoms with Crippen LogP contribution in [0.3, 0.4) is 0 Å². The van der Waals surface area contributed by atoms with Crippen LogP contribution in [0.5, 0.6) is 0 Å². The first-order valence-electron chi connectivity index (χ1n) is 6.20. The van der Waals surface area contributed by atoms with Crippen LogP contribution in [0.15, 0.2) is 0 Å². The number of alkyl halides is 3. The summed E-state index contributed by atoms with van der Waals surface area (Å²) in [4.78, 5) is 0. The molecule has 0 aliphatic carbocycles. The van der Waals surface area contributed by atoms with Crippen LogP contribution < -0.4 is 11.3 Å². The number of rotatable bonds is 4. The zero-order chi connectivity index (χ0) is 14.2. The normalized spacial score (nSPS) is 28.3. The fourth-order valence-corrected chi connectivity index (χ4v) is 2.95. The third-order valence-electron chi connectivity index (χ3n) is 3.58. The number of halogens is 3. The monoisotopic (exact) mass is 268 g/mol. The number of hydrogen-bond donors (Lipinski definition) is 2. The molecule has 2 unspecified atom stereocenters. The highest BCUT2D eigenvalue weighted by molar-refractivity contribution is 4.99. The van der Waals surface area contributed by atoms with Gasteiger partial charge in [0.05, 0.1) is 11.2 Å². The predicted molar refractivity (Wildman–Crippen MR) is 63.8 cm³/mol. The van der Waals surface area contributed by atoms with Gasteiger partial charge < -0.3 is 4.74 Å². The molecule has 0 spiro atoms. The Morgan fingerprint density at radius 1 is 1.33 bits per heavy atom. The highest BCUT2D eigenvalue weighted by Gasteiger charge is 2.49. The zero-order valence-corrected chi connectivity index (χ0v) is 11.4. The molecule has 0 aromatic heterocycles. The molecule has 6 heteroatoms. The number of ether oxygens (including phenoxy) is 1. The van der Waals surface area contributed by atoms with Crippen molar-refractivity contribution >= 4 is 0 Å². The fraction of sp³-hybridized carbons (Fsp3) is 1.00. The van der Waals surface area contributed by atoms with Gasteiger partial charge in [0.15, 0.2) is 0 Å². The van der Waals surface area contributed by atoms with Gasteiger partial charge in [0, 0.05) is 18.4 Å². The van der Waals surface area contributed by atoms with E-state index < -0.39 is 18.2 Å². The third kappa shape index (κ3) is 4.10. The molecule has 0 aromatic carbocycles. The van der Waals surface area contributed by atoms with Crippen LogP contribution in [0.1, 0.15) is 47.0 Å². The molecule has 3 N–H and O–H groups in total. The van der Waals surface area contributed by atoms with E-state index in [0.29, 0.717) is 6.42 Å². The van der Waals surface area contributed by atoms with Crippen LogP contribution >= 0.6 is 0 Å². The van der Waals surface area contributed by atoms with E-state index in [4.69, 9.17) is 10.6 Å². The van der Waals surface area contributed by atoms with Gasteiger partial charge in [-0.2, -0.15) is 13.2 Å². The summed E-state index contributed by atoms with van der Waals surface area (Å²) in [5.41, 5.74) is 1.75. The highest BCUT2D eigenvalue weighted by atomic mass is 19.4. The topological polar surface area (TPSA) is 47.3 Å². The van der Waals surface area contributed by atoms with Crippen LogP contribution in [-0.2, 0) is 4.74 Å². The third-order valence-corrected chi connectivity index (χ3v) is 3.58. The van der Waals surface area contributed by atoms with E-state index in [9.17, 15) is 13.2 Å². The lowest BCUT2D eigenvalue weighted by Crippen LogP contribution is -2.47. The molecule has 0 bridgehead atoms. The Bertz CT molecular complexity index is 290. The van der Waals surface area contributed by atoms with Gasteiger partial charge in [-0.1, -0.05) is 0 Å². The first-order chi connectivity index (χ1) is 7.97. The minimum atomic E-state index is -4.14. The predicted octanol–water partition coefficient (Wildman–Crippen LogP) is 2.75. The summed E-state index contributed by atoms with van der Waals surface area (Å²) in [5.74, 6) is 5.39. The van der Waals surface area contributed by atoms with Gasteiger partial charge in [-0.3, -0.25) is 11.3 Å².